The van der Waals surface area contributed by atoms with Crippen molar-refractivity contribution in [3.05, 3.63) is 23.7 Å². The topological polar surface area (TPSA) is 99.5 Å². The molecule has 3 unspecified atom stereocenters. The average Bonchev–Trinajstić information content (AvgIpc) is 2.97. The molecule has 0 aromatic rings. The molecule has 0 aromatic heterocycles. The molecule has 3 N–H and O–H groups in total. The summed E-state index contributed by atoms with van der Waals surface area (Å²) < 4.78 is 10.3. The number of aliphatic carboxylic acids is 1. The highest BCUT2D eigenvalue weighted by Gasteiger charge is 2.66. The molecule has 3 atom stereocenters. The van der Waals surface area contributed by atoms with Crippen LogP contribution < -0.4 is 0 Å². The van der Waals surface area contributed by atoms with Crippen molar-refractivity contribution in [2.24, 2.45) is 0 Å². The zero-order valence-corrected chi connectivity index (χ0v) is 8.58. The molecule has 1 heterocycles. The highest BCUT2D eigenvalue weighted by atomic mass is 16.6. The van der Waals surface area contributed by atoms with Gasteiger partial charge in [0.2, 0.25) is 0 Å². The van der Waals surface area contributed by atoms with Gasteiger partial charge in [-0.3, -0.25) is 0 Å². The van der Waals surface area contributed by atoms with Gasteiger partial charge in [0.25, 0.3) is 0 Å². The maximum absolute atomic E-state index is 10.7. The average molecular weight is 228 g/mol. The van der Waals surface area contributed by atoms with E-state index in [-0.39, 0.29) is 11.5 Å². The molecule has 0 spiro atoms. The van der Waals surface area contributed by atoms with Crippen LogP contribution in [0.4, 0.5) is 0 Å². The van der Waals surface area contributed by atoms with Crippen molar-refractivity contribution in [1.29, 1.82) is 0 Å². The fraction of sp³-hybridized carbons (Fsp3) is 0.500. The molecule has 1 aliphatic heterocycles. The Hall–Kier alpha value is -1.53. The highest BCUT2D eigenvalue weighted by Crippen LogP contribution is 2.49. The number of aliphatic hydroxyl groups excluding tert-OH is 2. The van der Waals surface area contributed by atoms with Crippen LogP contribution in [0.3, 0.4) is 0 Å². The van der Waals surface area contributed by atoms with E-state index in [0.717, 1.165) is 0 Å². The third-order valence-electron chi connectivity index (χ3n) is 2.63. The first kappa shape index (κ1) is 11.0. The minimum absolute atomic E-state index is 0.0995. The molecule has 1 saturated heterocycles. The van der Waals surface area contributed by atoms with E-state index in [1.165, 1.54) is 12.2 Å². The lowest BCUT2D eigenvalue weighted by molar-refractivity contribution is -0.149. The number of epoxide rings is 1. The van der Waals surface area contributed by atoms with Gasteiger partial charge in [0.05, 0.1) is 6.61 Å². The standard InChI is InChI=1S/C10H12O6/c1-2-15-6-5(11)3-4-10(8(6)16-10)7(12)9(13)14/h3-4,7-8,11-12H,2H2,1H3,(H,13,14). The van der Waals surface area contributed by atoms with E-state index in [1.807, 2.05) is 0 Å². The van der Waals surface area contributed by atoms with Crippen LogP contribution in [0.5, 0.6) is 0 Å². The summed E-state index contributed by atoms with van der Waals surface area (Å²) in [5.74, 6) is -1.30. The number of carboxylic acid groups (broad SMARTS) is 1. The van der Waals surface area contributed by atoms with Crippen molar-refractivity contribution in [2.75, 3.05) is 6.61 Å². The second-order valence-corrected chi connectivity index (χ2v) is 3.61. The molecule has 0 bridgehead atoms. The van der Waals surface area contributed by atoms with Gasteiger partial charge in [0.1, 0.15) is 0 Å². The smallest absolute Gasteiger partial charge is 0.336 e. The van der Waals surface area contributed by atoms with E-state index in [2.05, 4.69) is 0 Å². The Kier molecular flexibility index (Phi) is 2.40. The van der Waals surface area contributed by atoms with Crippen molar-refractivity contribution in [3.63, 3.8) is 0 Å². The van der Waals surface area contributed by atoms with Crippen LogP contribution >= 0.6 is 0 Å². The van der Waals surface area contributed by atoms with Crippen LogP contribution in [0.2, 0.25) is 0 Å². The molecule has 2 aliphatic rings. The summed E-state index contributed by atoms with van der Waals surface area (Å²) in [6, 6.07) is 0. The van der Waals surface area contributed by atoms with Crippen molar-refractivity contribution in [3.8, 4) is 0 Å². The van der Waals surface area contributed by atoms with Crippen molar-refractivity contribution < 1.29 is 29.6 Å². The predicted molar refractivity (Wildman–Crippen MR) is 51.7 cm³/mol. The van der Waals surface area contributed by atoms with Gasteiger partial charge in [-0.05, 0) is 19.1 Å². The number of hydrogen-bond donors (Lipinski definition) is 3. The van der Waals surface area contributed by atoms with Crippen LogP contribution in [0.1, 0.15) is 6.92 Å². The first-order chi connectivity index (χ1) is 7.53. The summed E-state index contributed by atoms with van der Waals surface area (Å²) in [4.78, 5) is 10.7. The second kappa shape index (κ2) is 3.50. The quantitative estimate of drug-likeness (QED) is 0.583. The van der Waals surface area contributed by atoms with Crippen molar-refractivity contribution in [2.45, 2.75) is 24.7 Å². The number of ether oxygens (including phenoxy) is 2. The van der Waals surface area contributed by atoms with E-state index < -0.39 is 23.8 Å². The van der Waals surface area contributed by atoms with E-state index in [4.69, 9.17) is 14.6 Å². The molecule has 0 saturated carbocycles. The molecule has 0 aromatic carbocycles. The Balaban J connectivity index is 2.24. The van der Waals surface area contributed by atoms with Crippen molar-refractivity contribution in [1.82, 2.24) is 0 Å². The number of aliphatic hydroxyl groups is 2. The Morgan fingerprint density at radius 3 is 3.00 bits per heavy atom. The molecule has 0 radical (unpaired) electrons. The molecule has 1 aliphatic carbocycles. The third kappa shape index (κ3) is 1.38. The number of allylic oxidation sites excluding steroid dienone is 1. The van der Waals surface area contributed by atoms with Crippen LogP contribution in [-0.2, 0) is 14.3 Å². The van der Waals surface area contributed by atoms with Gasteiger partial charge >= 0.3 is 5.97 Å². The Morgan fingerprint density at radius 2 is 2.44 bits per heavy atom. The lowest BCUT2D eigenvalue weighted by Crippen LogP contribution is -2.39. The van der Waals surface area contributed by atoms with E-state index in [9.17, 15) is 15.0 Å². The number of rotatable bonds is 4. The predicted octanol–water partition coefficient (Wildman–Crippen LogP) is -0.0546. The Labute approximate surface area is 91.4 Å². The zero-order valence-electron chi connectivity index (χ0n) is 8.58. The normalized spacial score (nSPS) is 33.2. The lowest BCUT2D eigenvalue weighted by Gasteiger charge is -2.17. The van der Waals surface area contributed by atoms with Gasteiger partial charge in [0, 0.05) is 0 Å². The number of fused-ring (bicyclic) bond motifs is 1. The Morgan fingerprint density at radius 1 is 1.75 bits per heavy atom. The molecular weight excluding hydrogens is 216 g/mol. The van der Waals surface area contributed by atoms with E-state index in [0.29, 0.717) is 6.61 Å². The lowest BCUT2D eigenvalue weighted by atomic mass is 9.92. The highest BCUT2D eigenvalue weighted by molar-refractivity contribution is 5.76. The molecule has 6 heteroatoms. The fourth-order valence-corrected chi connectivity index (χ4v) is 1.78. The summed E-state index contributed by atoms with van der Waals surface area (Å²) >= 11 is 0. The number of hydrogen-bond acceptors (Lipinski definition) is 5. The van der Waals surface area contributed by atoms with Crippen LogP contribution in [0, 0.1) is 0 Å². The van der Waals surface area contributed by atoms with E-state index >= 15 is 0 Å². The first-order valence-corrected chi connectivity index (χ1v) is 4.86. The van der Waals surface area contributed by atoms with Gasteiger partial charge in [-0.25, -0.2) is 4.79 Å². The number of carboxylic acids is 1. The minimum Gasteiger partial charge on any atom is -0.504 e. The van der Waals surface area contributed by atoms with Crippen molar-refractivity contribution >= 4 is 5.97 Å². The molecule has 2 rings (SSSR count). The monoisotopic (exact) mass is 228 g/mol. The van der Waals surface area contributed by atoms with Gasteiger partial charge in [-0.15, -0.1) is 0 Å². The minimum atomic E-state index is -1.67. The molecular formula is C10H12O6. The summed E-state index contributed by atoms with van der Waals surface area (Å²) in [5, 5.41) is 27.7. The molecule has 0 amide bonds. The largest absolute Gasteiger partial charge is 0.504 e. The van der Waals surface area contributed by atoms with Gasteiger partial charge in [-0.1, -0.05) is 0 Å². The maximum Gasteiger partial charge on any atom is 0.336 e. The van der Waals surface area contributed by atoms with Gasteiger partial charge in [-0.2, -0.15) is 0 Å². The maximum atomic E-state index is 10.7. The van der Waals surface area contributed by atoms with Crippen LogP contribution in [-0.4, -0.2) is 45.7 Å². The van der Waals surface area contributed by atoms with Crippen LogP contribution in [0.15, 0.2) is 23.7 Å². The summed E-state index contributed by atoms with van der Waals surface area (Å²) in [5.41, 5.74) is -1.29. The SMILES string of the molecule is CCOC1=C(O)C=CC2(C(O)C(=O)O)OC12. The van der Waals surface area contributed by atoms with Gasteiger partial charge < -0.3 is 24.8 Å². The zero-order chi connectivity index (χ0) is 11.9. The van der Waals surface area contributed by atoms with Gasteiger partial charge in [0.15, 0.2) is 29.3 Å². The molecule has 88 valence electrons. The molecule has 1 fully saturated rings. The van der Waals surface area contributed by atoms with E-state index in [1.54, 1.807) is 6.92 Å². The molecule has 6 nitrogen and oxygen atoms in total. The summed E-state index contributed by atoms with van der Waals surface area (Å²) in [7, 11) is 0. The second-order valence-electron chi connectivity index (χ2n) is 3.61. The third-order valence-corrected chi connectivity index (χ3v) is 2.63. The first-order valence-electron chi connectivity index (χ1n) is 4.86. The number of carbonyl (C=O) groups is 1. The fourth-order valence-electron chi connectivity index (χ4n) is 1.78. The summed E-state index contributed by atoms with van der Waals surface area (Å²) in [6.07, 6.45) is 0.232. The summed E-state index contributed by atoms with van der Waals surface area (Å²) in [6.45, 7) is 2.06. The molecule has 16 heavy (non-hydrogen) atoms. The van der Waals surface area contributed by atoms with Crippen LogP contribution in [0.25, 0.3) is 0 Å². The Bertz CT molecular complexity index is 385.